The molecule has 202 valence electrons. The summed E-state index contributed by atoms with van der Waals surface area (Å²) in [5, 5.41) is 0.549. The largest absolute Gasteiger partial charge is 0.493 e. The first-order valence-corrected chi connectivity index (χ1v) is 13.9. The number of carbonyl (C=O) groups is 1. The van der Waals surface area contributed by atoms with Crippen molar-refractivity contribution in [2.45, 2.75) is 51.7 Å². The number of nitrogens with zero attached hydrogens (tertiary/aromatic N) is 5. The summed E-state index contributed by atoms with van der Waals surface area (Å²) in [6.45, 7) is 6.47. The molecule has 4 aromatic rings. The molecule has 6 rings (SSSR count). The monoisotopic (exact) mass is 545 g/mol. The van der Waals surface area contributed by atoms with Crippen molar-refractivity contribution in [2.24, 2.45) is 5.92 Å². The van der Waals surface area contributed by atoms with Crippen LogP contribution in [0.4, 0.5) is 0 Å². The van der Waals surface area contributed by atoms with E-state index in [0.717, 1.165) is 49.9 Å². The average Bonchev–Trinajstić information content (AvgIpc) is 3.56. The number of piperidine rings is 1. The molecule has 0 atom stereocenters. The van der Waals surface area contributed by atoms with E-state index >= 15 is 0 Å². The quantitative estimate of drug-likeness (QED) is 0.280. The molecule has 0 radical (unpaired) electrons. The summed E-state index contributed by atoms with van der Waals surface area (Å²) < 4.78 is 14.4. The van der Waals surface area contributed by atoms with Crippen molar-refractivity contribution in [3.8, 4) is 23.0 Å². The number of halogens is 1. The minimum Gasteiger partial charge on any atom is -0.493 e. The molecule has 39 heavy (non-hydrogen) atoms. The lowest BCUT2D eigenvalue weighted by atomic mass is 9.98. The van der Waals surface area contributed by atoms with Crippen LogP contribution >= 0.6 is 11.6 Å². The van der Waals surface area contributed by atoms with E-state index < -0.39 is 0 Å². The van der Waals surface area contributed by atoms with E-state index in [-0.39, 0.29) is 11.5 Å². The van der Waals surface area contributed by atoms with Crippen molar-refractivity contribution in [3.63, 3.8) is 0 Å². The number of rotatable bonds is 8. The first-order chi connectivity index (χ1) is 18.9. The highest BCUT2D eigenvalue weighted by Crippen LogP contribution is 2.41. The van der Waals surface area contributed by atoms with E-state index in [2.05, 4.69) is 33.6 Å². The Bertz CT molecular complexity index is 1490. The van der Waals surface area contributed by atoms with Crippen LogP contribution in [0.3, 0.4) is 0 Å². The number of aromatic nitrogens is 4. The molecule has 1 saturated heterocycles. The molecule has 0 bridgehead atoms. The van der Waals surface area contributed by atoms with Crippen molar-refractivity contribution in [2.75, 3.05) is 19.7 Å². The Morgan fingerprint density at radius 1 is 1.10 bits per heavy atom. The molecule has 0 spiro atoms. The lowest BCUT2D eigenvalue weighted by Crippen LogP contribution is -2.38. The maximum Gasteiger partial charge on any atom is 0.245 e. The number of ether oxygens (including phenoxy) is 2. The van der Waals surface area contributed by atoms with Gasteiger partial charge in [-0.25, -0.2) is 9.97 Å². The summed E-state index contributed by atoms with van der Waals surface area (Å²) in [6.07, 6.45) is 5.42. The molecule has 3 heterocycles. The lowest BCUT2D eigenvalue weighted by molar-refractivity contribution is -0.130. The third-order valence-corrected chi connectivity index (χ3v) is 8.02. The second-order valence-electron chi connectivity index (χ2n) is 10.8. The highest BCUT2D eigenvalue weighted by molar-refractivity contribution is 6.33. The normalized spacial score (nSPS) is 16.8. The standard InChI is InChI=1S/C30H32ClN5O3/c1-20(37)35-14-10-22(11-15-35)18-38-23-8-9-24(25(31)16-23)27-34-26-28(36(27)17-21-6-4-3-5-7-21)32-19-33-29(26)39-30(2)12-13-30/h3-9,16,19,22H,10-15,17-18H2,1-2H3. The summed E-state index contributed by atoms with van der Waals surface area (Å²) in [7, 11) is 0. The van der Waals surface area contributed by atoms with E-state index in [1.54, 1.807) is 6.92 Å². The predicted octanol–water partition coefficient (Wildman–Crippen LogP) is 5.76. The molecule has 2 fully saturated rings. The van der Waals surface area contributed by atoms with Crippen LogP contribution < -0.4 is 9.47 Å². The van der Waals surface area contributed by atoms with Gasteiger partial charge in [-0.05, 0) is 62.3 Å². The molecule has 2 aliphatic rings. The summed E-state index contributed by atoms with van der Waals surface area (Å²) in [4.78, 5) is 27.5. The van der Waals surface area contributed by atoms with Gasteiger partial charge in [0.25, 0.3) is 0 Å². The van der Waals surface area contributed by atoms with Gasteiger partial charge >= 0.3 is 0 Å². The summed E-state index contributed by atoms with van der Waals surface area (Å²) in [6, 6.07) is 16.0. The molecule has 9 heteroatoms. The Kier molecular flexibility index (Phi) is 6.89. The summed E-state index contributed by atoms with van der Waals surface area (Å²) in [5.41, 5.74) is 3.06. The van der Waals surface area contributed by atoms with Crippen LogP contribution in [0.5, 0.6) is 11.6 Å². The molecule has 1 aliphatic carbocycles. The number of hydrogen-bond donors (Lipinski definition) is 0. The molecule has 1 amide bonds. The van der Waals surface area contributed by atoms with Crippen molar-refractivity contribution in [3.05, 3.63) is 65.4 Å². The zero-order valence-corrected chi connectivity index (χ0v) is 23.0. The van der Waals surface area contributed by atoms with Crippen LogP contribution in [-0.4, -0.2) is 55.6 Å². The Balaban J connectivity index is 1.28. The number of likely N-dealkylation sites (tertiary alicyclic amines) is 1. The van der Waals surface area contributed by atoms with Gasteiger partial charge in [0.1, 0.15) is 23.5 Å². The smallest absolute Gasteiger partial charge is 0.245 e. The third kappa shape index (κ3) is 5.57. The SMILES string of the molecule is CC(=O)N1CCC(COc2ccc(-c3nc4c(OC5(C)CC5)ncnc4n3Cc3ccccc3)c(Cl)c2)CC1. The minimum atomic E-state index is -0.190. The highest BCUT2D eigenvalue weighted by Gasteiger charge is 2.41. The van der Waals surface area contributed by atoms with Crippen molar-refractivity contribution in [1.29, 1.82) is 0 Å². The zero-order chi connectivity index (χ0) is 27.0. The van der Waals surface area contributed by atoms with E-state index in [1.165, 1.54) is 6.33 Å². The maximum absolute atomic E-state index is 11.6. The zero-order valence-electron chi connectivity index (χ0n) is 22.3. The number of amides is 1. The van der Waals surface area contributed by atoms with Gasteiger partial charge in [0.2, 0.25) is 11.8 Å². The van der Waals surface area contributed by atoms with Gasteiger partial charge in [-0.15, -0.1) is 0 Å². The van der Waals surface area contributed by atoms with E-state index in [0.29, 0.717) is 52.7 Å². The molecule has 8 nitrogen and oxygen atoms in total. The Morgan fingerprint density at radius 2 is 1.87 bits per heavy atom. The maximum atomic E-state index is 11.6. The molecular weight excluding hydrogens is 514 g/mol. The molecule has 2 aromatic heterocycles. The second kappa shape index (κ2) is 10.5. The van der Waals surface area contributed by atoms with Gasteiger partial charge in [-0.3, -0.25) is 4.79 Å². The fourth-order valence-corrected chi connectivity index (χ4v) is 5.27. The Morgan fingerprint density at radius 3 is 2.56 bits per heavy atom. The van der Waals surface area contributed by atoms with Crippen LogP contribution in [-0.2, 0) is 11.3 Å². The van der Waals surface area contributed by atoms with E-state index in [1.807, 2.05) is 41.3 Å². The van der Waals surface area contributed by atoms with Gasteiger partial charge in [0.05, 0.1) is 18.2 Å². The minimum absolute atomic E-state index is 0.140. The summed E-state index contributed by atoms with van der Waals surface area (Å²) >= 11 is 6.85. The summed E-state index contributed by atoms with van der Waals surface area (Å²) in [5.74, 6) is 2.48. The second-order valence-corrected chi connectivity index (χ2v) is 11.2. The van der Waals surface area contributed by atoms with Crippen LogP contribution in [0.15, 0.2) is 54.9 Å². The van der Waals surface area contributed by atoms with Gasteiger partial charge < -0.3 is 18.9 Å². The Hall–Kier alpha value is -3.65. The number of carbonyl (C=O) groups excluding carboxylic acids is 1. The lowest BCUT2D eigenvalue weighted by Gasteiger charge is -2.31. The first-order valence-electron chi connectivity index (χ1n) is 13.5. The van der Waals surface area contributed by atoms with Gasteiger partial charge in [-0.2, -0.15) is 4.98 Å². The molecule has 2 aromatic carbocycles. The number of benzene rings is 2. The number of imidazole rings is 1. The van der Waals surface area contributed by atoms with Gasteiger partial charge in [-0.1, -0.05) is 41.9 Å². The van der Waals surface area contributed by atoms with Crippen LogP contribution in [0.1, 0.15) is 45.1 Å². The van der Waals surface area contributed by atoms with Crippen LogP contribution in [0.2, 0.25) is 5.02 Å². The molecule has 0 N–H and O–H groups in total. The van der Waals surface area contributed by atoms with Gasteiger partial charge in [0.15, 0.2) is 11.2 Å². The van der Waals surface area contributed by atoms with E-state index in [9.17, 15) is 4.79 Å². The third-order valence-electron chi connectivity index (χ3n) is 7.71. The van der Waals surface area contributed by atoms with Crippen LogP contribution in [0.25, 0.3) is 22.6 Å². The fourth-order valence-electron chi connectivity index (χ4n) is 5.02. The average molecular weight is 546 g/mol. The number of hydrogen-bond acceptors (Lipinski definition) is 6. The molecule has 1 aliphatic heterocycles. The topological polar surface area (TPSA) is 82.4 Å². The fraction of sp³-hybridized carbons (Fsp3) is 0.400. The van der Waals surface area contributed by atoms with Crippen molar-refractivity contribution in [1.82, 2.24) is 24.4 Å². The van der Waals surface area contributed by atoms with Gasteiger partial charge in [0, 0.05) is 25.6 Å². The molecule has 1 saturated carbocycles. The van der Waals surface area contributed by atoms with E-state index in [4.69, 9.17) is 26.1 Å². The number of fused-ring (bicyclic) bond motifs is 1. The Labute approximate surface area is 232 Å². The predicted molar refractivity (Wildman–Crippen MR) is 150 cm³/mol. The van der Waals surface area contributed by atoms with Crippen LogP contribution in [0, 0.1) is 5.92 Å². The molecule has 0 unspecified atom stereocenters. The first kappa shape index (κ1) is 25.6. The van der Waals surface area contributed by atoms with Crippen molar-refractivity contribution >= 4 is 28.7 Å². The van der Waals surface area contributed by atoms with Crippen molar-refractivity contribution < 1.29 is 14.3 Å². The highest BCUT2D eigenvalue weighted by atomic mass is 35.5. The molecular formula is C30H32ClN5O3.